The number of hydroxylamine groups is 1. The minimum absolute atomic E-state index is 0.249. The molecular weight excluding hydrogens is 294 g/mol. The maximum absolute atomic E-state index is 11.6. The van der Waals surface area contributed by atoms with Crippen LogP contribution in [0, 0.1) is 0 Å². The van der Waals surface area contributed by atoms with Gasteiger partial charge < -0.3 is 5.11 Å². The number of benzene rings is 2. The first-order valence-corrected chi connectivity index (χ1v) is 7.13. The second kappa shape index (κ2) is 7.91. The first-order chi connectivity index (χ1) is 11.1. The summed E-state index contributed by atoms with van der Waals surface area (Å²) in [5, 5.41) is 18.8. The highest BCUT2D eigenvalue weighted by Gasteiger charge is 2.14. The van der Waals surface area contributed by atoms with Crippen LogP contribution in [0.1, 0.15) is 24.0 Å². The van der Waals surface area contributed by atoms with Gasteiger partial charge in [0.25, 0.3) is 5.91 Å². The molecule has 23 heavy (non-hydrogen) atoms. The normalized spacial score (nSPS) is 10.7. The number of hydrogen-bond acceptors (Lipinski definition) is 3. The summed E-state index contributed by atoms with van der Waals surface area (Å²) < 4.78 is 0. The molecule has 0 aliphatic carbocycles. The summed E-state index contributed by atoms with van der Waals surface area (Å²) in [5.41, 5.74) is 2.30. The summed E-state index contributed by atoms with van der Waals surface area (Å²) >= 11 is 0. The van der Waals surface area contributed by atoms with Gasteiger partial charge in [-0.15, -0.1) is 0 Å². The molecule has 0 radical (unpaired) electrons. The highest BCUT2D eigenvalue weighted by atomic mass is 16.5. The van der Waals surface area contributed by atoms with E-state index in [0.29, 0.717) is 10.8 Å². The quantitative estimate of drug-likeness (QED) is 0.486. The third kappa shape index (κ3) is 5.09. The van der Waals surface area contributed by atoms with Gasteiger partial charge in [0, 0.05) is 6.42 Å². The van der Waals surface area contributed by atoms with Crippen molar-refractivity contribution < 1.29 is 19.9 Å². The van der Waals surface area contributed by atoms with Crippen molar-refractivity contribution in [1.82, 2.24) is 0 Å². The van der Waals surface area contributed by atoms with Crippen LogP contribution < -0.4 is 5.06 Å². The van der Waals surface area contributed by atoms with Gasteiger partial charge in [-0.05, 0) is 23.3 Å². The van der Waals surface area contributed by atoms with Crippen molar-refractivity contribution in [3.05, 3.63) is 65.7 Å². The molecular formula is C18H17NO4. The molecule has 0 fully saturated rings. The van der Waals surface area contributed by atoms with E-state index in [1.165, 1.54) is 0 Å². The lowest BCUT2D eigenvalue weighted by Crippen LogP contribution is -2.27. The van der Waals surface area contributed by atoms with E-state index in [-0.39, 0.29) is 12.8 Å². The summed E-state index contributed by atoms with van der Waals surface area (Å²) in [7, 11) is 0. The Kier molecular flexibility index (Phi) is 5.66. The molecule has 0 spiro atoms. The lowest BCUT2D eigenvalue weighted by Gasteiger charge is -2.14. The molecule has 1 amide bonds. The average Bonchev–Trinajstić information content (AvgIpc) is 2.58. The number of rotatable bonds is 6. The van der Waals surface area contributed by atoms with E-state index in [1.807, 2.05) is 42.5 Å². The molecule has 118 valence electrons. The summed E-state index contributed by atoms with van der Waals surface area (Å²) in [6.45, 7) is 0. The van der Waals surface area contributed by atoms with Crippen LogP contribution >= 0.6 is 0 Å². The molecule has 0 aliphatic heterocycles. The molecule has 0 heterocycles. The molecule has 0 unspecified atom stereocenters. The van der Waals surface area contributed by atoms with Crippen molar-refractivity contribution in [3.8, 4) is 0 Å². The molecule has 0 saturated carbocycles. The Balaban J connectivity index is 2.00. The summed E-state index contributed by atoms with van der Waals surface area (Å²) in [6, 6.07) is 16.6. The van der Waals surface area contributed by atoms with Gasteiger partial charge in [-0.3, -0.25) is 14.8 Å². The Morgan fingerprint density at radius 3 is 2.00 bits per heavy atom. The molecule has 2 N–H and O–H groups in total. The zero-order valence-corrected chi connectivity index (χ0v) is 12.4. The number of carboxylic acid groups (broad SMARTS) is 1. The van der Waals surface area contributed by atoms with Gasteiger partial charge in [-0.1, -0.05) is 54.6 Å². The largest absolute Gasteiger partial charge is 0.481 e. The van der Waals surface area contributed by atoms with E-state index in [1.54, 1.807) is 24.3 Å². The lowest BCUT2D eigenvalue weighted by atomic mass is 10.1. The third-order valence-electron chi connectivity index (χ3n) is 3.19. The third-order valence-corrected chi connectivity index (χ3v) is 3.19. The van der Waals surface area contributed by atoms with E-state index in [0.717, 1.165) is 11.1 Å². The standard InChI is InChI=1S/C18H17NO4/c20-17(12-13-18(21)22)19(23)16-10-8-15(9-11-16)7-6-14-4-2-1-3-5-14/h1-11,23H,12-13H2,(H,21,22). The Bertz CT molecular complexity index is 693. The highest BCUT2D eigenvalue weighted by molar-refractivity contribution is 5.92. The number of aliphatic carboxylic acids is 1. The van der Waals surface area contributed by atoms with Crippen LogP contribution in [0.25, 0.3) is 12.2 Å². The van der Waals surface area contributed by atoms with E-state index in [2.05, 4.69) is 0 Å². The van der Waals surface area contributed by atoms with Crippen LogP contribution in [0.3, 0.4) is 0 Å². The maximum atomic E-state index is 11.6. The van der Waals surface area contributed by atoms with Crippen LogP contribution in [0.15, 0.2) is 54.6 Å². The minimum Gasteiger partial charge on any atom is -0.481 e. The summed E-state index contributed by atoms with van der Waals surface area (Å²) in [5.74, 6) is -1.73. The predicted molar refractivity (Wildman–Crippen MR) is 88.0 cm³/mol. The van der Waals surface area contributed by atoms with Gasteiger partial charge in [0.1, 0.15) is 0 Å². The summed E-state index contributed by atoms with van der Waals surface area (Å²) in [4.78, 5) is 22.1. The van der Waals surface area contributed by atoms with Crippen LogP contribution in [-0.4, -0.2) is 22.2 Å². The first kappa shape index (κ1) is 16.5. The summed E-state index contributed by atoms with van der Waals surface area (Å²) in [6.07, 6.45) is 3.33. The molecule has 0 bridgehead atoms. The van der Waals surface area contributed by atoms with Crippen molar-refractivity contribution in [2.24, 2.45) is 0 Å². The van der Waals surface area contributed by atoms with E-state index >= 15 is 0 Å². The van der Waals surface area contributed by atoms with Gasteiger partial charge in [-0.2, -0.15) is 5.06 Å². The van der Waals surface area contributed by atoms with Crippen LogP contribution in [-0.2, 0) is 9.59 Å². The number of nitrogens with zero attached hydrogens (tertiary/aromatic N) is 1. The zero-order valence-electron chi connectivity index (χ0n) is 12.4. The first-order valence-electron chi connectivity index (χ1n) is 7.13. The SMILES string of the molecule is O=C(O)CCC(=O)N(O)c1ccc(C=Cc2ccccc2)cc1. The Labute approximate surface area is 134 Å². The Hall–Kier alpha value is -2.92. The van der Waals surface area contributed by atoms with Crippen LogP contribution in [0.4, 0.5) is 5.69 Å². The maximum Gasteiger partial charge on any atom is 0.303 e. The molecule has 0 atom stereocenters. The van der Waals surface area contributed by atoms with Gasteiger partial charge in [-0.25, -0.2) is 0 Å². The highest BCUT2D eigenvalue weighted by Crippen LogP contribution is 2.16. The number of amides is 1. The monoisotopic (exact) mass is 311 g/mol. The smallest absolute Gasteiger partial charge is 0.303 e. The second-order valence-electron chi connectivity index (χ2n) is 4.93. The van der Waals surface area contributed by atoms with Gasteiger partial charge >= 0.3 is 5.97 Å². The lowest BCUT2D eigenvalue weighted by molar-refractivity contribution is -0.139. The number of carbonyl (C=O) groups excluding carboxylic acids is 1. The van der Waals surface area contributed by atoms with Gasteiger partial charge in [0.05, 0.1) is 12.1 Å². The molecule has 2 rings (SSSR count). The molecule has 5 heteroatoms. The van der Waals surface area contributed by atoms with Crippen LogP contribution in [0.5, 0.6) is 0 Å². The van der Waals surface area contributed by atoms with Gasteiger partial charge in [0.15, 0.2) is 0 Å². The predicted octanol–water partition coefficient (Wildman–Crippen LogP) is 3.44. The van der Waals surface area contributed by atoms with Crippen molar-refractivity contribution in [3.63, 3.8) is 0 Å². The van der Waals surface area contributed by atoms with Crippen LogP contribution in [0.2, 0.25) is 0 Å². The van der Waals surface area contributed by atoms with E-state index < -0.39 is 11.9 Å². The Morgan fingerprint density at radius 1 is 0.870 bits per heavy atom. The van der Waals surface area contributed by atoms with Gasteiger partial charge in [0.2, 0.25) is 0 Å². The minimum atomic E-state index is -1.08. The van der Waals surface area contributed by atoms with Crippen molar-refractivity contribution in [2.45, 2.75) is 12.8 Å². The van der Waals surface area contributed by atoms with Crippen molar-refractivity contribution in [2.75, 3.05) is 5.06 Å². The Morgan fingerprint density at radius 2 is 1.43 bits per heavy atom. The zero-order chi connectivity index (χ0) is 16.7. The molecule has 2 aromatic carbocycles. The molecule has 5 nitrogen and oxygen atoms in total. The molecule has 0 aliphatic rings. The number of anilines is 1. The van der Waals surface area contributed by atoms with Crippen molar-refractivity contribution >= 4 is 29.7 Å². The van der Waals surface area contributed by atoms with E-state index in [4.69, 9.17) is 5.11 Å². The van der Waals surface area contributed by atoms with E-state index in [9.17, 15) is 14.8 Å². The topological polar surface area (TPSA) is 77.8 Å². The molecule has 0 aromatic heterocycles. The number of hydrogen-bond donors (Lipinski definition) is 2. The van der Waals surface area contributed by atoms with Crippen molar-refractivity contribution in [1.29, 1.82) is 0 Å². The second-order valence-corrected chi connectivity index (χ2v) is 4.93. The number of carboxylic acids is 1. The molecule has 0 saturated heterocycles. The fourth-order valence-corrected chi connectivity index (χ4v) is 1.95. The fraction of sp³-hybridized carbons (Fsp3) is 0.111. The average molecular weight is 311 g/mol. The fourth-order valence-electron chi connectivity index (χ4n) is 1.95. The number of carbonyl (C=O) groups is 2. The molecule has 2 aromatic rings.